The van der Waals surface area contributed by atoms with Gasteiger partial charge in [-0.25, -0.2) is 0 Å². The summed E-state index contributed by atoms with van der Waals surface area (Å²) in [5, 5.41) is 0. The molecule has 0 aromatic heterocycles. The molecule has 3 heteroatoms. The van der Waals surface area contributed by atoms with E-state index in [1.165, 1.54) is 6.92 Å². The maximum Gasteiger partial charge on any atom is 0.161 e. The summed E-state index contributed by atoms with van der Waals surface area (Å²) in [7, 11) is 1.58. The molecule has 0 saturated carbocycles. The van der Waals surface area contributed by atoms with E-state index in [1.54, 1.807) is 25.3 Å². The second-order valence-corrected chi connectivity index (χ2v) is 3.26. The number of rotatable bonds is 2. The molecule has 0 spiro atoms. The Hall–Kier alpha value is -0.830. The Morgan fingerprint density at radius 2 is 2.17 bits per heavy atom. The van der Waals surface area contributed by atoms with Crippen molar-refractivity contribution in [3.05, 3.63) is 28.2 Å². The van der Waals surface area contributed by atoms with E-state index in [9.17, 15) is 4.79 Å². The molecule has 0 fully saturated rings. The quantitative estimate of drug-likeness (QED) is 0.728. The van der Waals surface area contributed by atoms with Gasteiger partial charge in [0.15, 0.2) is 5.78 Å². The van der Waals surface area contributed by atoms with Crippen LogP contribution in [0.3, 0.4) is 0 Å². The fourth-order valence-corrected chi connectivity index (χ4v) is 1.43. The monoisotopic (exact) mass is 228 g/mol. The van der Waals surface area contributed by atoms with E-state index in [1.807, 2.05) is 0 Å². The molecule has 2 nitrogen and oxygen atoms in total. The third-order valence-electron chi connectivity index (χ3n) is 1.55. The third kappa shape index (κ3) is 1.85. The highest BCUT2D eigenvalue weighted by molar-refractivity contribution is 9.10. The van der Waals surface area contributed by atoms with Crippen LogP contribution < -0.4 is 4.74 Å². The van der Waals surface area contributed by atoms with Crippen LogP contribution in [0.2, 0.25) is 0 Å². The second kappa shape index (κ2) is 3.72. The summed E-state index contributed by atoms with van der Waals surface area (Å²) in [6, 6.07) is 5.32. The molecule has 0 bridgehead atoms. The zero-order valence-electron chi connectivity index (χ0n) is 6.93. The molecule has 0 amide bonds. The zero-order chi connectivity index (χ0) is 9.14. The van der Waals surface area contributed by atoms with Crippen molar-refractivity contribution in [3.8, 4) is 5.75 Å². The lowest BCUT2D eigenvalue weighted by atomic mass is 10.1. The summed E-state index contributed by atoms with van der Waals surface area (Å²) in [5.74, 6) is 0.726. The van der Waals surface area contributed by atoms with Gasteiger partial charge in [-0.15, -0.1) is 0 Å². The number of benzene rings is 1. The second-order valence-electron chi connectivity index (χ2n) is 2.40. The van der Waals surface area contributed by atoms with Gasteiger partial charge in [-0.2, -0.15) is 0 Å². The molecule has 0 aliphatic carbocycles. The summed E-state index contributed by atoms with van der Waals surface area (Å²) in [4.78, 5) is 11.0. The predicted octanol–water partition coefficient (Wildman–Crippen LogP) is 2.66. The van der Waals surface area contributed by atoms with Crippen LogP contribution >= 0.6 is 15.9 Å². The van der Waals surface area contributed by atoms with Gasteiger partial charge in [0.2, 0.25) is 0 Å². The Morgan fingerprint density at radius 1 is 1.50 bits per heavy atom. The van der Waals surface area contributed by atoms with Gasteiger partial charge in [-0.05, 0) is 25.1 Å². The first-order valence-electron chi connectivity index (χ1n) is 3.49. The molecule has 0 heterocycles. The molecular weight excluding hydrogens is 220 g/mol. The number of ether oxygens (including phenoxy) is 1. The highest BCUT2D eigenvalue weighted by Crippen LogP contribution is 2.22. The van der Waals surface area contributed by atoms with Gasteiger partial charge >= 0.3 is 0 Å². The minimum Gasteiger partial charge on any atom is -0.497 e. The Morgan fingerprint density at radius 3 is 2.67 bits per heavy atom. The van der Waals surface area contributed by atoms with E-state index < -0.39 is 0 Å². The minimum absolute atomic E-state index is 0.0285. The van der Waals surface area contributed by atoms with Crippen molar-refractivity contribution in [2.45, 2.75) is 6.92 Å². The van der Waals surface area contributed by atoms with Crippen molar-refractivity contribution in [1.82, 2.24) is 0 Å². The molecule has 0 aliphatic rings. The Labute approximate surface area is 79.7 Å². The summed E-state index contributed by atoms with van der Waals surface area (Å²) in [5.41, 5.74) is 0.648. The van der Waals surface area contributed by atoms with Crippen molar-refractivity contribution in [2.75, 3.05) is 7.11 Å². The van der Waals surface area contributed by atoms with Crippen molar-refractivity contribution in [3.63, 3.8) is 0 Å². The van der Waals surface area contributed by atoms with Crippen LogP contribution in [0.15, 0.2) is 22.7 Å². The topological polar surface area (TPSA) is 26.3 Å². The molecule has 0 N–H and O–H groups in total. The van der Waals surface area contributed by atoms with Crippen molar-refractivity contribution >= 4 is 21.7 Å². The zero-order valence-corrected chi connectivity index (χ0v) is 8.51. The van der Waals surface area contributed by atoms with Crippen LogP contribution in [0, 0.1) is 0 Å². The maximum atomic E-state index is 11.0. The number of carbonyl (C=O) groups is 1. The van der Waals surface area contributed by atoms with E-state index in [2.05, 4.69) is 15.9 Å². The first-order chi connectivity index (χ1) is 5.65. The standard InChI is InChI=1S/C9H9BrO2/c1-6(11)8-5-7(12-2)3-4-9(8)10/h3-5H,1-2H3. The normalized spacial score (nSPS) is 9.58. The van der Waals surface area contributed by atoms with Gasteiger partial charge in [0, 0.05) is 10.0 Å². The third-order valence-corrected chi connectivity index (χ3v) is 2.24. The average Bonchev–Trinajstić information content (AvgIpc) is 2.05. The van der Waals surface area contributed by atoms with Crippen LogP contribution in [0.1, 0.15) is 17.3 Å². The lowest BCUT2D eigenvalue weighted by Crippen LogP contribution is -1.94. The molecule has 1 rings (SSSR count). The SMILES string of the molecule is COc1ccc(Br)c(C(C)=O)c1. The van der Waals surface area contributed by atoms with Gasteiger partial charge in [-0.1, -0.05) is 15.9 Å². The largest absolute Gasteiger partial charge is 0.497 e. The Bertz CT molecular complexity index is 307. The van der Waals surface area contributed by atoms with Crippen molar-refractivity contribution in [2.24, 2.45) is 0 Å². The molecular formula is C9H9BrO2. The first-order valence-corrected chi connectivity index (χ1v) is 4.29. The summed E-state index contributed by atoms with van der Waals surface area (Å²) >= 11 is 3.28. The number of hydrogen-bond donors (Lipinski definition) is 0. The average molecular weight is 229 g/mol. The molecule has 0 aliphatic heterocycles. The van der Waals surface area contributed by atoms with E-state index in [0.717, 1.165) is 4.47 Å². The van der Waals surface area contributed by atoms with Crippen LogP contribution in [-0.2, 0) is 0 Å². The highest BCUT2D eigenvalue weighted by Gasteiger charge is 2.05. The van der Waals surface area contributed by atoms with Gasteiger partial charge < -0.3 is 4.74 Å². The van der Waals surface area contributed by atoms with Crippen molar-refractivity contribution < 1.29 is 9.53 Å². The first kappa shape index (κ1) is 9.26. The summed E-state index contributed by atoms with van der Waals surface area (Å²) in [6.45, 7) is 1.53. The maximum absolute atomic E-state index is 11.0. The Kier molecular flexibility index (Phi) is 2.87. The number of carbonyl (C=O) groups excluding carboxylic acids is 1. The number of Topliss-reactive ketones (excluding diaryl/α,β-unsaturated/α-hetero) is 1. The molecule has 0 saturated heterocycles. The molecule has 1 aromatic rings. The van der Waals surface area contributed by atoms with E-state index in [0.29, 0.717) is 11.3 Å². The number of hydrogen-bond acceptors (Lipinski definition) is 2. The summed E-state index contributed by atoms with van der Waals surface area (Å²) < 4.78 is 5.79. The molecule has 0 atom stereocenters. The number of methoxy groups -OCH3 is 1. The molecule has 0 radical (unpaired) electrons. The molecule has 64 valence electrons. The Balaban J connectivity index is 3.17. The smallest absolute Gasteiger partial charge is 0.161 e. The van der Waals surface area contributed by atoms with Crippen LogP contribution in [-0.4, -0.2) is 12.9 Å². The van der Waals surface area contributed by atoms with E-state index in [-0.39, 0.29) is 5.78 Å². The number of halogens is 1. The highest BCUT2D eigenvalue weighted by atomic mass is 79.9. The molecule has 1 aromatic carbocycles. The van der Waals surface area contributed by atoms with E-state index >= 15 is 0 Å². The molecule has 0 unspecified atom stereocenters. The predicted molar refractivity (Wildman–Crippen MR) is 50.7 cm³/mol. The van der Waals surface area contributed by atoms with Gasteiger partial charge in [0.05, 0.1) is 7.11 Å². The van der Waals surface area contributed by atoms with Crippen molar-refractivity contribution in [1.29, 1.82) is 0 Å². The lowest BCUT2D eigenvalue weighted by molar-refractivity contribution is 0.101. The van der Waals surface area contributed by atoms with Gasteiger partial charge in [0.25, 0.3) is 0 Å². The van der Waals surface area contributed by atoms with Gasteiger partial charge in [-0.3, -0.25) is 4.79 Å². The molecule has 12 heavy (non-hydrogen) atoms. The fourth-order valence-electron chi connectivity index (χ4n) is 0.901. The van der Waals surface area contributed by atoms with E-state index in [4.69, 9.17) is 4.74 Å². The van der Waals surface area contributed by atoms with Crippen LogP contribution in [0.5, 0.6) is 5.75 Å². The summed E-state index contributed by atoms with van der Waals surface area (Å²) in [6.07, 6.45) is 0. The minimum atomic E-state index is 0.0285. The number of ketones is 1. The lowest BCUT2D eigenvalue weighted by Gasteiger charge is -2.03. The van der Waals surface area contributed by atoms with Crippen LogP contribution in [0.4, 0.5) is 0 Å². The van der Waals surface area contributed by atoms with Gasteiger partial charge in [0.1, 0.15) is 5.75 Å². The van der Waals surface area contributed by atoms with Crippen LogP contribution in [0.25, 0.3) is 0 Å². The fraction of sp³-hybridized carbons (Fsp3) is 0.222.